The number of aliphatic imine (C=N–C) groups is 1. The molecule has 0 radical (unpaired) electrons. The second kappa shape index (κ2) is 2.51. The van der Waals surface area contributed by atoms with E-state index in [0.29, 0.717) is 12.5 Å². The first-order chi connectivity index (χ1) is 4.74. The van der Waals surface area contributed by atoms with E-state index in [-0.39, 0.29) is 12.5 Å². The zero-order chi connectivity index (χ0) is 7.56. The molecular formula is C6H9N3O. The number of carbonyl (C=O) groups excluding carboxylic acids is 1. The number of nitrogens with zero attached hydrogens (tertiary/aromatic N) is 2. The van der Waals surface area contributed by atoms with E-state index >= 15 is 0 Å². The molecule has 0 aromatic heterocycles. The van der Waals surface area contributed by atoms with Gasteiger partial charge in [0.2, 0.25) is 0 Å². The number of rotatable bonds is 2. The maximum Gasteiger partial charge on any atom is 0.268 e. The van der Waals surface area contributed by atoms with Crippen LogP contribution >= 0.6 is 0 Å². The molecule has 0 aromatic rings. The Morgan fingerprint density at radius 3 is 3.00 bits per heavy atom. The summed E-state index contributed by atoms with van der Waals surface area (Å²) in [5.74, 6) is 0.115. The molecule has 0 bridgehead atoms. The molecule has 4 heteroatoms. The third-order valence-electron chi connectivity index (χ3n) is 1.24. The maximum atomic E-state index is 10.6. The minimum atomic E-state index is -0.181. The average molecular weight is 139 g/mol. The van der Waals surface area contributed by atoms with E-state index in [1.54, 1.807) is 11.0 Å². The summed E-state index contributed by atoms with van der Waals surface area (Å²) in [4.78, 5) is 15.8. The van der Waals surface area contributed by atoms with Gasteiger partial charge >= 0.3 is 0 Å². The number of carbonyl (C=O) groups is 1. The minimum Gasteiger partial charge on any atom is -0.369 e. The first-order valence-corrected chi connectivity index (χ1v) is 2.97. The van der Waals surface area contributed by atoms with E-state index < -0.39 is 0 Å². The van der Waals surface area contributed by atoms with E-state index in [9.17, 15) is 4.79 Å². The molecule has 0 saturated carbocycles. The lowest BCUT2D eigenvalue weighted by Gasteiger charge is -2.12. The first kappa shape index (κ1) is 6.80. The van der Waals surface area contributed by atoms with Gasteiger partial charge in [-0.3, -0.25) is 4.79 Å². The van der Waals surface area contributed by atoms with Crippen LogP contribution in [-0.2, 0) is 4.79 Å². The molecule has 10 heavy (non-hydrogen) atoms. The van der Waals surface area contributed by atoms with E-state index in [4.69, 9.17) is 5.73 Å². The van der Waals surface area contributed by atoms with Gasteiger partial charge in [-0.2, -0.15) is 4.99 Å². The Hall–Kier alpha value is -1.32. The fourth-order valence-electron chi connectivity index (χ4n) is 0.792. The molecule has 0 spiro atoms. The molecule has 0 aliphatic carbocycles. The molecule has 1 aliphatic heterocycles. The second-order valence-electron chi connectivity index (χ2n) is 2.03. The van der Waals surface area contributed by atoms with Gasteiger partial charge in [-0.1, -0.05) is 6.08 Å². The summed E-state index contributed by atoms with van der Waals surface area (Å²) < 4.78 is 0. The van der Waals surface area contributed by atoms with Gasteiger partial charge in [0.1, 0.15) is 6.54 Å². The van der Waals surface area contributed by atoms with Gasteiger partial charge in [0.25, 0.3) is 5.91 Å². The van der Waals surface area contributed by atoms with Gasteiger partial charge in [-0.15, -0.1) is 6.58 Å². The van der Waals surface area contributed by atoms with E-state index in [2.05, 4.69) is 11.6 Å². The average Bonchev–Trinajstić information content (AvgIpc) is 2.13. The van der Waals surface area contributed by atoms with E-state index in [1.807, 2.05) is 0 Å². The molecule has 1 aliphatic rings. The molecule has 0 saturated heterocycles. The number of nitrogens with two attached hydrogens (primary N) is 1. The van der Waals surface area contributed by atoms with Crippen LogP contribution in [0.2, 0.25) is 0 Å². The largest absolute Gasteiger partial charge is 0.369 e. The van der Waals surface area contributed by atoms with Crippen molar-refractivity contribution in [3.8, 4) is 0 Å². The Morgan fingerprint density at radius 2 is 2.60 bits per heavy atom. The van der Waals surface area contributed by atoms with Crippen LogP contribution in [0.5, 0.6) is 0 Å². The van der Waals surface area contributed by atoms with Gasteiger partial charge in [-0.25, -0.2) is 0 Å². The molecule has 0 fully saturated rings. The summed E-state index contributed by atoms with van der Waals surface area (Å²) in [7, 11) is 0. The fourth-order valence-corrected chi connectivity index (χ4v) is 0.792. The van der Waals surface area contributed by atoms with Crippen molar-refractivity contribution in [2.75, 3.05) is 13.1 Å². The Bertz CT molecular complexity index is 197. The van der Waals surface area contributed by atoms with Crippen LogP contribution in [0, 0.1) is 0 Å². The summed E-state index contributed by atoms with van der Waals surface area (Å²) in [6, 6.07) is 0. The van der Waals surface area contributed by atoms with Crippen LogP contribution in [0.3, 0.4) is 0 Å². The SMILES string of the molecule is C=CCN1CC(=O)N=C1N. The summed E-state index contributed by atoms with van der Waals surface area (Å²) in [5, 5.41) is 0. The van der Waals surface area contributed by atoms with Crippen molar-refractivity contribution in [2.24, 2.45) is 10.7 Å². The lowest BCUT2D eigenvalue weighted by molar-refractivity contribution is -0.117. The highest BCUT2D eigenvalue weighted by molar-refractivity contribution is 5.99. The van der Waals surface area contributed by atoms with Crippen LogP contribution in [-0.4, -0.2) is 29.9 Å². The standard InChI is InChI=1S/C6H9N3O/c1-2-3-9-4-5(10)8-6(9)7/h2H,1,3-4H2,(H2,7,8,10). The quantitative estimate of drug-likeness (QED) is 0.516. The smallest absolute Gasteiger partial charge is 0.268 e. The minimum absolute atomic E-state index is 0.181. The molecule has 0 aromatic carbocycles. The fraction of sp³-hybridized carbons (Fsp3) is 0.333. The van der Waals surface area contributed by atoms with Gasteiger partial charge < -0.3 is 10.6 Å². The van der Waals surface area contributed by atoms with E-state index in [1.165, 1.54) is 0 Å². The molecule has 2 N–H and O–H groups in total. The first-order valence-electron chi connectivity index (χ1n) is 2.97. The Labute approximate surface area is 59.0 Å². The molecular weight excluding hydrogens is 130 g/mol. The second-order valence-corrected chi connectivity index (χ2v) is 2.03. The molecule has 0 atom stereocenters. The van der Waals surface area contributed by atoms with Crippen molar-refractivity contribution in [2.45, 2.75) is 0 Å². The number of hydrogen-bond acceptors (Lipinski definition) is 3. The Kier molecular flexibility index (Phi) is 1.71. The highest BCUT2D eigenvalue weighted by Crippen LogP contribution is 1.97. The molecule has 1 amide bonds. The van der Waals surface area contributed by atoms with Crippen molar-refractivity contribution in [1.82, 2.24) is 4.90 Å². The molecule has 0 unspecified atom stereocenters. The Morgan fingerprint density at radius 1 is 1.90 bits per heavy atom. The zero-order valence-electron chi connectivity index (χ0n) is 5.58. The summed E-state index contributed by atoms with van der Waals surface area (Å²) in [5.41, 5.74) is 5.36. The predicted molar refractivity (Wildman–Crippen MR) is 38.4 cm³/mol. The molecule has 54 valence electrons. The lowest BCUT2D eigenvalue weighted by atomic mass is 10.5. The molecule has 1 heterocycles. The van der Waals surface area contributed by atoms with Crippen LogP contribution in [0.1, 0.15) is 0 Å². The topological polar surface area (TPSA) is 58.7 Å². The summed E-state index contributed by atoms with van der Waals surface area (Å²) >= 11 is 0. The van der Waals surface area contributed by atoms with Crippen molar-refractivity contribution in [1.29, 1.82) is 0 Å². The summed E-state index contributed by atoms with van der Waals surface area (Å²) in [6.07, 6.45) is 1.68. The van der Waals surface area contributed by atoms with Gasteiger partial charge in [-0.05, 0) is 0 Å². The number of amides is 1. The van der Waals surface area contributed by atoms with Crippen molar-refractivity contribution >= 4 is 11.9 Å². The third kappa shape index (κ3) is 1.15. The molecule has 4 nitrogen and oxygen atoms in total. The van der Waals surface area contributed by atoms with Crippen molar-refractivity contribution in [3.05, 3.63) is 12.7 Å². The summed E-state index contributed by atoms with van der Waals surface area (Å²) in [6.45, 7) is 4.39. The van der Waals surface area contributed by atoms with Crippen LogP contribution in [0.15, 0.2) is 17.6 Å². The van der Waals surface area contributed by atoms with Crippen LogP contribution < -0.4 is 5.73 Å². The highest BCUT2D eigenvalue weighted by Gasteiger charge is 2.18. The monoisotopic (exact) mass is 139 g/mol. The van der Waals surface area contributed by atoms with Gasteiger partial charge in [0.05, 0.1) is 0 Å². The van der Waals surface area contributed by atoms with E-state index in [0.717, 1.165) is 0 Å². The van der Waals surface area contributed by atoms with Gasteiger partial charge in [0.15, 0.2) is 5.96 Å². The molecule has 1 rings (SSSR count). The lowest BCUT2D eigenvalue weighted by Crippen LogP contribution is -2.34. The Balaban J connectivity index is 2.59. The van der Waals surface area contributed by atoms with Crippen LogP contribution in [0.4, 0.5) is 0 Å². The number of guanidine groups is 1. The van der Waals surface area contributed by atoms with Crippen LogP contribution in [0.25, 0.3) is 0 Å². The number of hydrogen-bond donors (Lipinski definition) is 1. The highest BCUT2D eigenvalue weighted by atomic mass is 16.2. The third-order valence-corrected chi connectivity index (χ3v) is 1.24. The van der Waals surface area contributed by atoms with Crippen molar-refractivity contribution in [3.63, 3.8) is 0 Å². The zero-order valence-corrected chi connectivity index (χ0v) is 5.58. The van der Waals surface area contributed by atoms with Crippen molar-refractivity contribution < 1.29 is 4.79 Å². The van der Waals surface area contributed by atoms with Gasteiger partial charge in [0, 0.05) is 6.54 Å². The maximum absolute atomic E-state index is 10.6. The predicted octanol–water partition coefficient (Wildman–Crippen LogP) is -0.671. The normalized spacial score (nSPS) is 17.4.